The van der Waals surface area contributed by atoms with E-state index in [-0.39, 0.29) is 5.56 Å². The first kappa shape index (κ1) is 9.38. The number of aromatic carboxylic acids is 1. The highest BCUT2D eigenvalue weighted by Crippen LogP contribution is 2.24. The van der Waals surface area contributed by atoms with Gasteiger partial charge in [0, 0.05) is 5.69 Å². The Morgan fingerprint density at radius 2 is 2.15 bits per heavy atom. The average Bonchev–Trinajstić information content (AvgIpc) is 2.08. The van der Waals surface area contributed by atoms with Crippen LogP contribution in [0.1, 0.15) is 15.9 Å². The molecule has 70 valence electrons. The van der Waals surface area contributed by atoms with Gasteiger partial charge in [-0.15, -0.1) is 0 Å². The zero-order valence-electron chi connectivity index (χ0n) is 7.50. The predicted octanol–water partition coefficient (Wildman–Crippen LogP) is 1.28. The Kier molecular flexibility index (Phi) is 2.41. The number of nitrogen functional groups attached to an aromatic ring is 1. The fraction of sp³-hybridized carbons (Fsp3) is 0.222. The van der Waals surface area contributed by atoms with Crippen molar-refractivity contribution in [3.8, 4) is 5.75 Å². The monoisotopic (exact) mass is 181 g/mol. The van der Waals surface area contributed by atoms with E-state index in [1.54, 1.807) is 13.0 Å². The Hall–Kier alpha value is -1.71. The molecule has 1 rings (SSSR count). The lowest BCUT2D eigenvalue weighted by Crippen LogP contribution is -2.03. The molecular formula is C9H11NO3. The maximum absolute atomic E-state index is 10.7. The van der Waals surface area contributed by atoms with Gasteiger partial charge >= 0.3 is 5.97 Å². The summed E-state index contributed by atoms with van der Waals surface area (Å²) >= 11 is 0. The van der Waals surface area contributed by atoms with Crippen LogP contribution in [0.25, 0.3) is 0 Å². The number of nitrogens with two attached hydrogens (primary N) is 1. The number of carboxylic acids is 1. The van der Waals surface area contributed by atoms with Crippen LogP contribution in [0.3, 0.4) is 0 Å². The van der Waals surface area contributed by atoms with Gasteiger partial charge in [-0.2, -0.15) is 0 Å². The minimum absolute atomic E-state index is 0.0885. The molecular weight excluding hydrogens is 170 g/mol. The summed E-state index contributed by atoms with van der Waals surface area (Å²) in [6.45, 7) is 1.80. The van der Waals surface area contributed by atoms with Crippen LogP contribution in [-0.2, 0) is 0 Å². The van der Waals surface area contributed by atoms with Crippen molar-refractivity contribution < 1.29 is 14.6 Å². The van der Waals surface area contributed by atoms with Crippen LogP contribution in [0.5, 0.6) is 5.75 Å². The molecule has 4 nitrogen and oxygen atoms in total. The Labute approximate surface area is 75.9 Å². The van der Waals surface area contributed by atoms with Crippen molar-refractivity contribution in [2.24, 2.45) is 0 Å². The molecule has 0 unspecified atom stereocenters. The minimum atomic E-state index is -1.04. The topological polar surface area (TPSA) is 72.5 Å². The Balaban J connectivity index is 3.33. The molecule has 0 saturated carbocycles. The van der Waals surface area contributed by atoms with Gasteiger partial charge in [0.15, 0.2) is 0 Å². The number of carboxylic acid groups (broad SMARTS) is 1. The lowest BCUT2D eigenvalue weighted by Gasteiger charge is -2.07. The molecule has 0 fully saturated rings. The highest BCUT2D eigenvalue weighted by molar-refractivity contribution is 5.92. The highest BCUT2D eigenvalue weighted by atomic mass is 16.5. The smallest absolute Gasteiger partial charge is 0.339 e. The first-order valence-electron chi connectivity index (χ1n) is 3.73. The van der Waals surface area contributed by atoms with E-state index in [0.717, 1.165) is 5.56 Å². The quantitative estimate of drug-likeness (QED) is 0.674. The molecule has 0 saturated heterocycles. The third kappa shape index (κ3) is 1.72. The van der Waals surface area contributed by atoms with Gasteiger partial charge in [-0.25, -0.2) is 4.79 Å². The lowest BCUT2D eigenvalue weighted by atomic mass is 10.1. The number of methoxy groups -OCH3 is 1. The number of carbonyl (C=O) groups is 1. The van der Waals surface area contributed by atoms with E-state index in [1.165, 1.54) is 13.2 Å². The van der Waals surface area contributed by atoms with Crippen LogP contribution in [0.15, 0.2) is 12.1 Å². The average molecular weight is 181 g/mol. The molecule has 0 bridgehead atoms. The van der Waals surface area contributed by atoms with E-state index in [4.69, 9.17) is 15.6 Å². The third-order valence-corrected chi connectivity index (χ3v) is 1.82. The van der Waals surface area contributed by atoms with Crippen molar-refractivity contribution in [2.75, 3.05) is 12.8 Å². The van der Waals surface area contributed by atoms with Crippen LogP contribution >= 0.6 is 0 Å². The number of hydrogen-bond acceptors (Lipinski definition) is 3. The summed E-state index contributed by atoms with van der Waals surface area (Å²) in [6, 6.07) is 3.01. The van der Waals surface area contributed by atoms with E-state index in [1.807, 2.05) is 0 Å². The number of rotatable bonds is 2. The molecule has 0 aromatic heterocycles. The van der Waals surface area contributed by atoms with E-state index in [9.17, 15) is 4.79 Å². The van der Waals surface area contributed by atoms with Gasteiger partial charge in [-0.3, -0.25) is 0 Å². The fourth-order valence-electron chi connectivity index (χ4n) is 1.03. The van der Waals surface area contributed by atoms with Crippen molar-refractivity contribution >= 4 is 11.7 Å². The summed E-state index contributed by atoms with van der Waals surface area (Å²) in [5.74, 6) is -0.706. The summed E-state index contributed by atoms with van der Waals surface area (Å²) in [5.41, 5.74) is 6.92. The van der Waals surface area contributed by atoms with E-state index >= 15 is 0 Å². The molecule has 0 aliphatic carbocycles. The van der Waals surface area contributed by atoms with Crippen LogP contribution in [0.4, 0.5) is 5.69 Å². The van der Waals surface area contributed by atoms with Gasteiger partial charge in [0.05, 0.1) is 7.11 Å². The number of hydrogen-bond donors (Lipinski definition) is 2. The maximum atomic E-state index is 10.7. The summed E-state index contributed by atoms with van der Waals surface area (Å²) in [7, 11) is 1.43. The van der Waals surface area contributed by atoms with E-state index in [0.29, 0.717) is 11.4 Å². The SMILES string of the molecule is COc1cc(C)c(N)cc1C(=O)O. The van der Waals surface area contributed by atoms with E-state index in [2.05, 4.69) is 0 Å². The molecule has 0 atom stereocenters. The Bertz CT molecular complexity index is 347. The van der Waals surface area contributed by atoms with Gasteiger partial charge in [0.2, 0.25) is 0 Å². The van der Waals surface area contributed by atoms with Crippen LogP contribution in [-0.4, -0.2) is 18.2 Å². The third-order valence-electron chi connectivity index (χ3n) is 1.82. The maximum Gasteiger partial charge on any atom is 0.339 e. The summed E-state index contributed by atoms with van der Waals surface area (Å²) < 4.78 is 4.91. The van der Waals surface area contributed by atoms with Crippen LogP contribution in [0.2, 0.25) is 0 Å². The number of benzene rings is 1. The molecule has 1 aromatic rings. The fourth-order valence-corrected chi connectivity index (χ4v) is 1.03. The second kappa shape index (κ2) is 3.35. The normalized spacial score (nSPS) is 9.69. The van der Waals surface area contributed by atoms with Gasteiger partial charge < -0.3 is 15.6 Å². The number of anilines is 1. The Morgan fingerprint density at radius 1 is 1.54 bits per heavy atom. The summed E-state index contributed by atoms with van der Waals surface area (Å²) in [6.07, 6.45) is 0. The number of aryl methyl sites for hydroxylation is 1. The molecule has 4 heteroatoms. The second-order valence-corrected chi connectivity index (χ2v) is 2.71. The molecule has 0 radical (unpaired) electrons. The molecule has 3 N–H and O–H groups in total. The summed E-state index contributed by atoms with van der Waals surface area (Å²) in [5, 5.41) is 8.78. The van der Waals surface area contributed by atoms with E-state index < -0.39 is 5.97 Å². The second-order valence-electron chi connectivity index (χ2n) is 2.71. The predicted molar refractivity (Wildman–Crippen MR) is 49.1 cm³/mol. The zero-order valence-corrected chi connectivity index (χ0v) is 7.50. The van der Waals surface area contributed by atoms with Crippen molar-refractivity contribution in [3.63, 3.8) is 0 Å². The zero-order chi connectivity index (χ0) is 10.0. The summed E-state index contributed by atoms with van der Waals surface area (Å²) in [4.78, 5) is 10.7. The van der Waals surface area contributed by atoms with Crippen molar-refractivity contribution in [3.05, 3.63) is 23.3 Å². The molecule has 0 spiro atoms. The highest BCUT2D eigenvalue weighted by Gasteiger charge is 2.12. The molecule has 0 aliphatic heterocycles. The molecule has 1 aromatic carbocycles. The first-order valence-corrected chi connectivity index (χ1v) is 3.73. The van der Waals surface area contributed by atoms with Crippen LogP contribution in [0, 0.1) is 6.92 Å². The largest absolute Gasteiger partial charge is 0.496 e. The van der Waals surface area contributed by atoms with Gasteiger partial charge in [-0.1, -0.05) is 0 Å². The van der Waals surface area contributed by atoms with Crippen molar-refractivity contribution in [2.45, 2.75) is 6.92 Å². The van der Waals surface area contributed by atoms with Crippen molar-refractivity contribution in [1.82, 2.24) is 0 Å². The molecule has 13 heavy (non-hydrogen) atoms. The van der Waals surface area contributed by atoms with Gasteiger partial charge in [0.1, 0.15) is 11.3 Å². The molecule has 0 amide bonds. The molecule has 0 heterocycles. The van der Waals surface area contributed by atoms with Crippen molar-refractivity contribution in [1.29, 1.82) is 0 Å². The van der Waals surface area contributed by atoms with Gasteiger partial charge in [0.25, 0.3) is 0 Å². The molecule has 0 aliphatic rings. The van der Waals surface area contributed by atoms with Crippen LogP contribution < -0.4 is 10.5 Å². The lowest BCUT2D eigenvalue weighted by molar-refractivity contribution is 0.0693. The number of ether oxygens (including phenoxy) is 1. The standard InChI is InChI=1S/C9H11NO3/c1-5-3-8(13-2)6(9(11)12)4-7(5)10/h3-4H,10H2,1-2H3,(H,11,12). The first-order chi connectivity index (χ1) is 6.06. The Morgan fingerprint density at radius 3 is 2.62 bits per heavy atom. The van der Waals surface area contributed by atoms with Gasteiger partial charge in [-0.05, 0) is 24.6 Å². The minimum Gasteiger partial charge on any atom is -0.496 e.